The summed E-state index contributed by atoms with van der Waals surface area (Å²) in [6.45, 7) is 7.61. The smallest absolute Gasteiger partial charge is 0.410 e. The topological polar surface area (TPSA) is 130 Å². The van der Waals surface area contributed by atoms with Crippen molar-refractivity contribution in [1.82, 2.24) is 10.3 Å². The van der Waals surface area contributed by atoms with Crippen LogP contribution in [0.3, 0.4) is 0 Å². The van der Waals surface area contributed by atoms with Crippen molar-refractivity contribution in [1.29, 1.82) is 5.41 Å². The van der Waals surface area contributed by atoms with E-state index in [0.29, 0.717) is 13.2 Å². The zero-order valence-electron chi connectivity index (χ0n) is 17.6. The van der Waals surface area contributed by atoms with Gasteiger partial charge in [0, 0.05) is 18.7 Å². The summed E-state index contributed by atoms with van der Waals surface area (Å²) < 4.78 is 25.1. The predicted molar refractivity (Wildman–Crippen MR) is 109 cm³/mol. The Morgan fingerprint density at radius 1 is 1.47 bits per heavy atom. The summed E-state index contributed by atoms with van der Waals surface area (Å²) >= 11 is 0. The van der Waals surface area contributed by atoms with Crippen LogP contribution in [0, 0.1) is 21.3 Å². The molecule has 164 valence electrons. The predicted octanol–water partition coefficient (Wildman–Crippen LogP) is 2.70. The summed E-state index contributed by atoms with van der Waals surface area (Å²) in [6, 6.07) is 2.69. The van der Waals surface area contributed by atoms with Gasteiger partial charge in [-0.2, -0.15) is 9.49 Å². The minimum atomic E-state index is -1.14. The van der Waals surface area contributed by atoms with Crippen molar-refractivity contribution in [3.05, 3.63) is 39.7 Å². The molecule has 1 aliphatic heterocycles. The van der Waals surface area contributed by atoms with Crippen LogP contribution in [-0.4, -0.2) is 65.3 Å². The molecule has 1 unspecified atom stereocenters. The summed E-state index contributed by atoms with van der Waals surface area (Å²) in [5.41, 5.74) is 0.707. The maximum Gasteiger partial charge on any atom is 0.410 e. The van der Waals surface area contributed by atoms with Crippen molar-refractivity contribution < 1.29 is 23.6 Å². The summed E-state index contributed by atoms with van der Waals surface area (Å²) in [5, 5.41) is 23.8. The molecule has 1 aromatic rings. The minimum Gasteiger partial charge on any atom is -0.444 e. The minimum absolute atomic E-state index is 0.0228. The highest BCUT2D eigenvalue weighted by Crippen LogP contribution is 2.22. The third kappa shape index (κ3) is 5.50. The van der Waals surface area contributed by atoms with Crippen LogP contribution in [0.15, 0.2) is 23.3 Å². The van der Waals surface area contributed by atoms with E-state index < -0.39 is 34.2 Å². The van der Waals surface area contributed by atoms with Crippen LogP contribution in [0.4, 0.5) is 14.9 Å². The van der Waals surface area contributed by atoms with E-state index in [1.165, 1.54) is 24.1 Å². The first-order valence-electron chi connectivity index (χ1n) is 9.31. The Bertz CT molecular complexity index is 863. The molecule has 1 atom stereocenters. The number of nitrogens with one attached hydrogen (secondary N) is 2. The molecule has 1 saturated heterocycles. The largest absolute Gasteiger partial charge is 0.444 e. The number of rotatable bonds is 7. The fourth-order valence-corrected chi connectivity index (χ4v) is 2.50. The van der Waals surface area contributed by atoms with Gasteiger partial charge in [-0.25, -0.2) is 4.79 Å². The summed E-state index contributed by atoms with van der Waals surface area (Å²) in [6.07, 6.45) is -0.651. The Morgan fingerprint density at radius 2 is 2.10 bits per heavy atom. The van der Waals surface area contributed by atoms with Crippen molar-refractivity contribution in [2.75, 3.05) is 20.3 Å². The zero-order chi connectivity index (χ0) is 22.6. The molecule has 30 heavy (non-hydrogen) atoms. The van der Waals surface area contributed by atoms with Crippen molar-refractivity contribution in [2.45, 2.75) is 45.4 Å². The highest BCUT2D eigenvalue weighted by molar-refractivity contribution is 6.49. The molecule has 10 nitrogen and oxygen atoms in total. The Balaban J connectivity index is 2.37. The van der Waals surface area contributed by atoms with Crippen LogP contribution < -0.4 is 5.43 Å². The van der Waals surface area contributed by atoms with Crippen LogP contribution >= 0.6 is 0 Å². The number of ether oxygens (including phenoxy) is 2. The summed E-state index contributed by atoms with van der Waals surface area (Å²) in [5.74, 6) is -1.14. The van der Waals surface area contributed by atoms with E-state index in [4.69, 9.17) is 14.9 Å². The van der Waals surface area contributed by atoms with Crippen molar-refractivity contribution in [3.63, 3.8) is 0 Å². The number of nitrogens with zero attached hydrogens (tertiary/aromatic N) is 3. The number of nitro benzene ring substituents is 1. The molecular formula is C19H26FN5O5. The van der Waals surface area contributed by atoms with Gasteiger partial charge in [0.25, 0.3) is 0 Å². The molecule has 0 spiro atoms. The number of nitro groups is 1. The Labute approximate surface area is 173 Å². The molecular weight excluding hydrogens is 397 g/mol. The van der Waals surface area contributed by atoms with Gasteiger partial charge < -0.3 is 19.8 Å². The van der Waals surface area contributed by atoms with Gasteiger partial charge >= 0.3 is 11.8 Å². The second kappa shape index (κ2) is 9.16. The van der Waals surface area contributed by atoms with Crippen LogP contribution in [0.1, 0.15) is 33.3 Å². The molecule has 0 radical (unpaired) electrons. The normalized spacial score (nSPS) is 15.7. The van der Waals surface area contributed by atoms with Crippen molar-refractivity contribution >= 4 is 23.2 Å². The van der Waals surface area contributed by atoms with E-state index in [0.717, 1.165) is 6.07 Å². The van der Waals surface area contributed by atoms with Crippen LogP contribution in [0.2, 0.25) is 0 Å². The first-order valence-corrected chi connectivity index (χ1v) is 9.31. The number of halogens is 1. The molecule has 2 N–H and O–H groups in total. The van der Waals surface area contributed by atoms with E-state index in [9.17, 15) is 19.3 Å². The fraction of sp³-hybridized carbons (Fsp3) is 0.526. The molecule has 11 heteroatoms. The lowest BCUT2D eigenvalue weighted by atomic mass is 9.99. The van der Waals surface area contributed by atoms with Gasteiger partial charge in [-0.15, -0.1) is 0 Å². The number of hydrogen-bond acceptors (Lipinski definition) is 8. The van der Waals surface area contributed by atoms with Gasteiger partial charge in [0.1, 0.15) is 11.3 Å². The van der Waals surface area contributed by atoms with E-state index in [1.54, 1.807) is 27.7 Å². The van der Waals surface area contributed by atoms with Gasteiger partial charge in [0.2, 0.25) is 5.82 Å². The quantitative estimate of drug-likeness (QED) is 0.394. The molecule has 1 aliphatic rings. The maximum absolute atomic E-state index is 14.7. The van der Waals surface area contributed by atoms with Crippen molar-refractivity contribution in [2.24, 2.45) is 5.10 Å². The lowest BCUT2D eigenvalue weighted by Crippen LogP contribution is -2.48. The molecule has 1 amide bonds. The molecule has 1 fully saturated rings. The summed E-state index contributed by atoms with van der Waals surface area (Å²) in [4.78, 5) is 23.9. The number of amides is 1. The Morgan fingerprint density at radius 3 is 2.60 bits per heavy atom. The lowest BCUT2D eigenvalue weighted by molar-refractivity contribution is -0.387. The first-order chi connectivity index (χ1) is 13.9. The van der Waals surface area contributed by atoms with Gasteiger partial charge in [0.05, 0.1) is 35.9 Å². The Hall–Kier alpha value is -3.08. The average Bonchev–Trinajstić information content (AvgIpc) is 2.60. The first kappa shape index (κ1) is 23.2. The number of carbonyl (C=O) groups excluding carboxylic acids is 1. The third-order valence-electron chi connectivity index (χ3n) is 4.36. The highest BCUT2D eigenvalue weighted by Gasteiger charge is 2.31. The number of benzene rings is 1. The standard InChI is InChI=1S/C19H26FN5O5/c1-11(24(5)18(26)30-19(2,3)4)17(23-22-12-9-29-10-12)16(21)13-7-6-8-14(15(13)20)25(27)28/h6-8,11-12,21-22H,9-10H2,1-5H3/b21-16?,23-17-. The van der Waals surface area contributed by atoms with Gasteiger partial charge in [-0.1, -0.05) is 6.07 Å². The van der Waals surface area contributed by atoms with E-state index >= 15 is 0 Å². The van der Waals surface area contributed by atoms with Gasteiger partial charge in [0.15, 0.2) is 0 Å². The highest BCUT2D eigenvalue weighted by atomic mass is 19.1. The van der Waals surface area contributed by atoms with Gasteiger partial charge in [-0.05, 0) is 33.8 Å². The Kier molecular flexibility index (Phi) is 7.08. The molecule has 1 aromatic carbocycles. The fourth-order valence-electron chi connectivity index (χ4n) is 2.50. The van der Waals surface area contributed by atoms with E-state index in [1.807, 2.05) is 0 Å². The molecule has 0 aliphatic carbocycles. The van der Waals surface area contributed by atoms with E-state index in [2.05, 4.69) is 10.5 Å². The molecule has 0 saturated carbocycles. The molecule has 1 heterocycles. The van der Waals surface area contributed by atoms with E-state index in [-0.39, 0.29) is 23.0 Å². The molecule has 0 aromatic heterocycles. The SMILES string of the molecule is CC(/C(=N/NC1COC1)C(=N)c1cccc([N+](=O)[O-])c1F)N(C)C(=O)OC(C)(C)C. The number of hydrazone groups is 1. The average molecular weight is 423 g/mol. The second-order valence-corrected chi connectivity index (χ2v) is 7.90. The number of carbonyl (C=O) groups is 1. The molecule has 2 rings (SSSR count). The van der Waals surface area contributed by atoms with Crippen LogP contribution in [-0.2, 0) is 9.47 Å². The van der Waals surface area contributed by atoms with Crippen LogP contribution in [0.25, 0.3) is 0 Å². The summed E-state index contributed by atoms with van der Waals surface area (Å²) in [7, 11) is 1.47. The van der Waals surface area contributed by atoms with Crippen LogP contribution in [0.5, 0.6) is 0 Å². The second-order valence-electron chi connectivity index (χ2n) is 7.90. The van der Waals surface area contributed by atoms with Crippen molar-refractivity contribution in [3.8, 4) is 0 Å². The lowest BCUT2D eigenvalue weighted by Gasteiger charge is -2.30. The number of hydrogen-bond donors (Lipinski definition) is 2. The maximum atomic E-state index is 14.7. The third-order valence-corrected chi connectivity index (χ3v) is 4.36. The molecule has 0 bridgehead atoms. The van der Waals surface area contributed by atoms with Gasteiger partial charge in [-0.3, -0.25) is 15.5 Å². The zero-order valence-corrected chi connectivity index (χ0v) is 17.6. The monoisotopic (exact) mass is 423 g/mol.